The number of anilines is 1. The van der Waals surface area contributed by atoms with Crippen molar-refractivity contribution in [2.45, 2.75) is 32.2 Å². The van der Waals surface area contributed by atoms with Crippen LogP contribution in [0.1, 0.15) is 33.7 Å². The molecule has 1 fully saturated rings. The number of hydrazone groups is 1. The van der Waals surface area contributed by atoms with Crippen molar-refractivity contribution in [1.29, 1.82) is 5.26 Å². The minimum atomic E-state index is -1.20. The van der Waals surface area contributed by atoms with Gasteiger partial charge in [0.15, 0.2) is 5.82 Å². The number of aromatic nitrogens is 2. The number of carboxylic acids is 1. The first-order valence-corrected chi connectivity index (χ1v) is 13.8. The number of fused-ring (bicyclic) bond motifs is 1. The number of rotatable bonds is 10. The van der Waals surface area contributed by atoms with Crippen LogP contribution < -0.4 is 14.4 Å². The van der Waals surface area contributed by atoms with Crippen molar-refractivity contribution < 1.29 is 28.5 Å². The first-order valence-electron chi connectivity index (χ1n) is 13.8. The molecule has 0 amide bonds. The molecule has 1 atom stereocenters. The molecule has 1 aromatic heterocycles. The molecule has 43 heavy (non-hydrogen) atoms. The molecular weight excluding hydrogens is 555 g/mol. The SMILES string of the molecule is COc1cc(C#N)ccc1COc1cccc(N2C=NN(Cc3nc4c(F)cc(C(=O)O)cc4n3C[C@@H]3CCO3)CC2)c1. The number of hydrogen-bond acceptors (Lipinski definition) is 9. The second-order valence-corrected chi connectivity index (χ2v) is 10.3. The van der Waals surface area contributed by atoms with Crippen molar-refractivity contribution >= 4 is 29.0 Å². The van der Waals surface area contributed by atoms with Crippen LogP contribution in [0.4, 0.5) is 10.1 Å². The van der Waals surface area contributed by atoms with E-state index in [1.165, 1.54) is 6.07 Å². The normalized spacial score (nSPS) is 16.2. The highest BCUT2D eigenvalue weighted by Gasteiger charge is 2.25. The van der Waals surface area contributed by atoms with Crippen LogP contribution in [-0.2, 0) is 24.4 Å². The lowest BCUT2D eigenvalue weighted by Crippen LogP contribution is -2.38. The molecule has 6 rings (SSSR count). The molecule has 2 aliphatic rings. The smallest absolute Gasteiger partial charge is 0.335 e. The van der Waals surface area contributed by atoms with Crippen LogP contribution in [0, 0.1) is 17.1 Å². The number of hydrogen-bond donors (Lipinski definition) is 1. The standard InChI is InChI=1S/C31H29FN6O5/c1-41-28-11-20(15-33)5-6-21(28)18-43-24-4-2-3-23(14-24)36-8-9-37(34-19-36)17-29-35-30-26(32)12-22(31(39)40)13-27(30)38(29)16-25-7-10-42-25/h2-6,11-14,19,25H,7-10,16-18H2,1H3,(H,39,40)/t25-/m0/s1. The Bertz CT molecular complexity index is 1740. The molecule has 220 valence electrons. The van der Waals surface area contributed by atoms with Gasteiger partial charge in [-0.3, -0.25) is 5.01 Å². The summed E-state index contributed by atoms with van der Waals surface area (Å²) >= 11 is 0. The Morgan fingerprint density at radius 1 is 1.21 bits per heavy atom. The van der Waals surface area contributed by atoms with Gasteiger partial charge in [-0.15, -0.1) is 0 Å². The van der Waals surface area contributed by atoms with Crippen molar-refractivity contribution in [1.82, 2.24) is 14.6 Å². The summed E-state index contributed by atoms with van der Waals surface area (Å²) in [6, 6.07) is 17.5. The number of carboxylic acid groups (broad SMARTS) is 1. The number of methoxy groups -OCH3 is 1. The van der Waals surface area contributed by atoms with Gasteiger partial charge in [0.2, 0.25) is 0 Å². The largest absolute Gasteiger partial charge is 0.496 e. The van der Waals surface area contributed by atoms with E-state index in [9.17, 15) is 14.3 Å². The van der Waals surface area contributed by atoms with Crippen molar-refractivity contribution in [3.05, 3.63) is 82.9 Å². The average molecular weight is 585 g/mol. The summed E-state index contributed by atoms with van der Waals surface area (Å²) in [7, 11) is 1.56. The maximum atomic E-state index is 14.9. The molecule has 11 nitrogen and oxygen atoms in total. The Hall–Kier alpha value is -5.15. The second kappa shape index (κ2) is 12.0. The first-order chi connectivity index (χ1) is 20.9. The first kappa shape index (κ1) is 28.0. The lowest BCUT2D eigenvalue weighted by atomic mass is 10.1. The number of halogens is 1. The molecule has 0 aliphatic carbocycles. The minimum absolute atomic E-state index is 0.0273. The lowest BCUT2D eigenvalue weighted by Gasteiger charge is -2.31. The van der Waals surface area contributed by atoms with Crippen LogP contribution in [0.5, 0.6) is 11.5 Å². The Kier molecular flexibility index (Phi) is 7.81. The van der Waals surface area contributed by atoms with Gasteiger partial charge in [0.25, 0.3) is 0 Å². The van der Waals surface area contributed by atoms with Gasteiger partial charge in [0.05, 0.1) is 55.6 Å². The minimum Gasteiger partial charge on any atom is -0.496 e. The number of nitrogens with zero attached hydrogens (tertiary/aromatic N) is 6. The van der Waals surface area contributed by atoms with Crippen LogP contribution in [0.25, 0.3) is 11.0 Å². The molecule has 0 saturated carbocycles. The molecule has 0 bridgehead atoms. The summed E-state index contributed by atoms with van der Waals surface area (Å²) in [5.41, 5.74) is 2.70. The van der Waals surface area contributed by atoms with E-state index >= 15 is 0 Å². The Labute approximate surface area is 246 Å². The Morgan fingerprint density at radius 3 is 2.77 bits per heavy atom. The molecule has 2 aliphatic heterocycles. The Morgan fingerprint density at radius 2 is 2.07 bits per heavy atom. The summed E-state index contributed by atoms with van der Waals surface area (Å²) in [5.74, 6) is -0.00509. The molecule has 1 saturated heterocycles. The average Bonchev–Trinajstić information content (AvgIpc) is 3.35. The molecule has 0 radical (unpaired) electrons. The van der Waals surface area contributed by atoms with Crippen molar-refractivity contribution in [3.8, 4) is 17.6 Å². The maximum Gasteiger partial charge on any atom is 0.335 e. The van der Waals surface area contributed by atoms with Crippen LogP contribution >= 0.6 is 0 Å². The van der Waals surface area contributed by atoms with E-state index in [1.54, 1.807) is 25.6 Å². The molecule has 0 spiro atoms. The van der Waals surface area contributed by atoms with Crippen LogP contribution in [0.15, 0.2) is 59.7 Å². The fraction of sp³-hybridized carbons (Fsp3) is 0.290. The highest BCUT2D eigenvalue weighted by Crippen LogP contribution is 2.28. The highest BCUT2D eigenvalue weighted by molar-refractivity contribution is 5.92. The summed E-state index contributed by atoms with van der Waals surface area (Å²) in [6.07, 6.45) is 2.58. The molecule has 1 N–H and O–H groups in total. The van der Waals surface area contributed by atoms with Crippen molar-refractivity contribution in [3.63, 3.8) is 0 Å². The van der Waals surface area contributed by atoms with E-state index in [1.807, 2.05) is 44.8 Å². The maximum absolute atomic E-state index is 14.9. The third-order valence-corrected chi connectivity index (χ3v) is 7.55. The van der Waals surface area contributed by atoms with Gasteiger partial charge in [-0.25, -0.2) is 14.2 Å². The molecule has 0 unspecified atom stereocenters. The number of benzene rings is 3. The lowest BCUT2D eigenvalue weighted by molar-refractivity contribution is -0.0592. The summed E-state index contributed by atoms with van der Waals surface area (Å²) < 4.78 is 33.7. The van der Waals surface area contributed by atoms with Crippen LogP contribution in [0.2, 0.25) is 0 Å². The third kappa shape index (κ3) is 5.93. The van der Waals surface area contributed by atoms with E-state index in [2.05, 4.69) is 16.2 Å². The van der Waals surface area contributed by atoms with E-state index in [0.29, 0.717) is 61.2 Å². The van der Waals surface area contributed by atoms with E-state index in [-0.39, 0.29) is 23.8 Å². The number of nitriles is 1. The molecule has 3 aromatic carbocycles. The molecular formula is C31H29FN6O5. The van der Waals surface area contributed by atoms with Crippen LogP contribution in [0.3, 0.4) is 0 Å². The van der Waals surface area contributed by atoms with Gasteiger partial charge in [-0.2, -0.15) is 10.4 Å². The summed E-state index contributed by atoms with van der Waals surface area (Å²) in [4.78, 5) is 18.1. The Balaban J connectivity index is 1.16. The summed E-state index contributed by atoms with van der Waals surface area (Å²) in [6.45, 7) is 2.95. The van der Waals surface area contributed by atoms with E-state index in [4.69, 9.17) is 19.5 Å². The van der Waals surface area contributed by atoms with Gasteiger partial charge in [0, 0.05) is 30.5 Å². The number of ether oxygens (including phenoxy) is 3. The molecule has 12 heteroatoms. The second-order valence-electron chi connectivity index (χ2n) is 10.3. The fourth-order valence-electron chi connectivity index (χ4n) is 5.11. The zero-order valence-electron chi connectivity index (χ0n) is 23.4. The quantitative estimate of drug-likeness (QED) is 0.289. The predicted octanol–water partition coefficient (Wildman–Crippen LogP) is 4.39. The number of carbonyl (C=O) groups is 1. The van der Waals surface area contributed by atoms with Gasteiger partial charge in [-0.05, 0) is 42.8 Å². The molecule has 4 aromatic rings. The number of aromatic carboxylic acids is 1. The predicted molar refractivity (Wildman–Crippen MR) is 156 cm³/mol. The number of imidazole rings is 1. The van der Waals surface area contributed by atoms with Gasteiger partial charge in [0.1, 0.15) is 35.8 Å². The topological polar surface area (TPSA) is 125 Å². The van der Waals surface area contributed by atoms with Crippen LogP contribution in [-0.4, -0.2) is 64.9 Å². The van der Waals surface area contributed by atoms with E-state index in [0.717, 1.165) is 23.7 Å². The monoisotopic (exact) mass is 584 g/mol. The third-order valence-electron chi connectivity index (χ3n) is 7.55. The fourth-order valence-corrected chi connectivity index (χ4v) is 5.11. The van der Waals surface area contributed by atoms with Crippen molar-refractivity contribution in [2.75, 3.05) is 31.7 Å². The van der Waals surface area contributed by atoms with E-state index < -0.39 is 11.8 Å². The van der Waals surface area contributed by atoms with Gasteiger partial charge < -0.3 is 28.8 Å². The zero-order valence-corrected chi connectivity index (χ0v) is 23.4. The zero-order chi connectivity index (χ0) is 29.9. The highest BCUT2D eigenvalue weighted by atomic mass is 19.1. The van der Waals surface area contributed by atoms with Gasteiger partial charge >= 0.3 is 5.97 Å². The summed E-state index contributed by atoms with van der Waals surface area (Å²) in [5, 5.41) is 25.0. The van der Waals surface area contributed by atoms with Crippen molar-refractivity contribution in [2.24, 2.45) is 5.10 Å². The molecule has 3 heterocycles. The van der Waals surface area contributed by atoms with Gasteiger partial charge in [-0.1, -0.05) is 12.1 Å².